The van der Waals surface area contributed by atoms with Gasteiger partial charge in [-0.25, -0.2) is 4.39 Å². The fourth-order valence-corrected chi connectivity index (χ4v) is 3.13. The average molecular weight is 348 g/mol. The highest BCUT2D eigenvalue weighted by atomic mass is 35.5. The van der Waals surface area contributed by atoms with E-state index in [2.05, 4.69) is 0 Å². The summed E-state index contributed by atoms with van der Waals surface area (Å²) in [6.07, 6.45) is 1.51. The number of rotatable bonds is 3. The Balaban J connectivity index is 1.77. The van der Waals surface area contributed by atoms with E-state index in [1.54, 1.807) is 29.2 Å². The minimum atomic E-state index is -0.517. The summed E-state index contributed by atoms with van der Waals surface area (Å²) in [6, 6.07) is 11.8. The maximum Gasteiger partial charge on any atom is 0.256 e. The van der Waals surface area contributed by atoms with Crippen LogP contribution in [0.2, 0.25) is 5.02 Å². The van der Waals surface area contributed by atoms with E-state index in [0.717, 1.165) is 18.4 Å². The Morgan fingerprint density at radius 2 is 1.75 bits per heavy atom. The third-order valence-electron chi connectivity index (χ3n) is 4.54. The number of halogens is 2. The lowest BCUT2D eigenvalue weighted by Crippen LogP contribution is -2.39. The van der Waals surface area contributed by atoms with Gasteiger partial charge in [-0.1, -0.05) is 29.8 Å². The molecule has 2 aromatic rings. The highest BCUT2D eigenvalue weighted by molar-refractivity contribution is 6.30. The molecule has 0 atom stereocenters. The van der Waals surface area contributed by atoms with E-state index in [1.165, 1.54) is 6.07 Å². The molecule has 3 rings (SSSR count). The molecule has 126 valence electrons. The molecule has 1 aliphatic heterocycles. The summed E-state index contributed by atoms with van der Waals surface area (Å²) in [5, 5.41) is 9.78. The molecule has 0 saturated carbocycles. The van der Waals surface area contributed by atoms with Gasteiger partial charge >= 0.3 is 0 Å². The Bertz CT molecular complexity index is 725. The van der Waals surface area contributed by atoms with Gasteiger partial charge in [0.2, 0.25) is 0 Å². The summed E-state index contributed by atoms with van der Waals surface area (Å²) < 4.78 is 14.4. The lowest BCUT2D eigenvalue weighted by Gasteiger charge is -2.31. The van der Waals surface area contributed by atoms with Crippen molar-refractivity contribution in [2.45, 2.75) is 12.8 Å². The molecular formula is C19H19ClFNO2. The van der Waals surface area contributed by atoms with Crippen LogP contribution in [0.1, 0.15) is 23.2 Å². The lowest BCUT2D eigenvalue weighted by atomic mass is 9.97. The Morgan fingerprint density at radius 1 is 1.12 bits per heavy atom. The smallest absolute Gasteiger partial charge is 0.256 e. The molecule has 1 aliphatic rings. The van der Waals surface area contributed by atoms with Crippen molar-refractivity contribution in [3.63, 3.8) is 0 Å². The van der Waals surface area contributed by atoms with Gasteiger partial charge < -0.3 is 10.0 Å². The van der Waals surface area contributed by atoms with E-state index in [-0.39, 0.29) is 24.0 Å². The number of carbonyl (C=O) groups excluding carboxylic acids is 1. The maximum atomic E-state index is 14.4. The fourth-order valence-electron chi connectivity index (χ4n) is 3.00. The summed E-state index contributed by atoms with van der Waals surface area (Å²) in [5.74, 6) is -0.561. The van der Waals surface area contributed by atoms with Crippen molar-refractivity contribution in [2.24, 2.45) is 5.92 Å². The van der Waals surface area contributed by atoms with Crippen molar-refractivity contribution in [3.8, 4) is 11.1 Å². The zero-order chi connectivity index (χ0) is 17.1. The number of carbonyl (C=O) groups is 1. The number of benzene rings is 2. The van der Waals surface area contributed by atoms with E-state index in [0.29, 0.717) is 23.7 Å². The molecule has 0 aromatic heterocycles. The molecule has 2 aromatic carbocycles. The van der Waals surface area contributed by atoms with Crippen LogP contribution in [0.25, 0.3) is 11.1 Å². The van der Waals surface area contributed by atoms with Crippen LogP contribution in [0, 0.1) is 11.7 Å². The number of nitrogens with zero attached hydrogens (tertiary/aromatic N) is 1. The number of hydrogen-bond donors (Lipinski definition) is 1. The van der Waals surface area contributed by atoms with E-state index >= 15 is 0 Å². The van der Waals surface area contributed by atoms with Crippen LogP contribution >= 0.6 is 11.6 Å². The van der Waals surface area contributed by atoms with Crippen LogP contribution in [0.5, 0.6) is 0 Å². The monoisotopic (exact) mass is 347 g/mol. The van der Waals surface area contributed by atoms with Gasteiger partial charge in [-0.2, -0.15) is 0 Å². The molecule has 0 unspecified atom stereocenters. The van der Waals surface area contributed by atoms with Gasteiger partial charge in [0.15, 0.2) is 0 Å². The van der Waals surface area contributed by atoms with Crippen molar-refractivity contribution in [2.75, 3.05) is 19.7 Å². The third-order valence-corrected chi connectivity index (χ3v) is 4.79. The van der Waals surface area contributed by atoms with Crippen LogP contribution in [0.4, 0.5) is 4.39 Å². The highest BCUT2D eigenvalue weighted by Crippen LogP contribution is 2.25. The summed E-state index contributed by atoms with van der Waals surface area (Å²) in [6.45, 7) is 1.26. The largest absolute Gasteiger partial charge is 0.396 e. The minimum Gasteiger partial charge on any atom is -0.396 e. The van der Waals surface area contributed by atoms with Crippen LogP contribution < -0.4 is 0 Å². The van der Waals surface area contributed by atoms with Crippen molar-refractivity contribution in [1.82, 2.24) is 4.90 Å². The second-order valence-corrected chi connectivity index (χ2v) is 6.56. The summed E-state index contributed by atoms with van der Waals surface area (Å²) in [7, 11) is 0. The molecule has 24 heavy (non-hydrogen) atoms. The topological polar surface area (TPSA) is 40.5 Å². The maximum absolute atomic E-state index is 14.4. The molecule has 1 fully saturated rings. The quantitative estimate of drug-likeness (QED) is 0.912. The van der Waals surface area contributed by atoms with Crippen molar-refractivity contribution in [1.29, 1.82) is 0 Å². The second kappa shape index (κ2) is 7.32. The molecule has 0 radical (unpaired) electrons. The number of aliphatic hydroxyl groups excluding tert-OH is 1. The molecule has 5 heteroatoms. The summed E-state index contributed by atoms with van der Waals surface area (Å²) >= 11 is 5.86. The SMILES string of the molecule is O=C(c1ccc(-c2ccc(Cl)cc2)cc1F)N1CCC(CO)CC1. The number of amides is 1. The van der Waals surface area contributed by atoms with E-state index in [9.17, 15) is 9.18 Å². The van der Waals surface area contributed by atoms with Crippen molar-refractivity contribution in [3.05, 3.63) is 58.9 Å². The van der Waals surface area contributed by atoms with Gasteiger partial charge in [0, 0.05) is 24.7 Å². The van der Waals surface area contributed by atoms with Crippen LogP contribution in [-0.4, -0.2) is 35.6 Å². The molecule has 1 saturated heterocycles. The average Bonchev–Trinajstić information content (AvgIpc) is 2.62. The second-order valence-electron chi connectivity index (χ2n) is 6.12. The molecular weight excluding hydrogens is 329 g/mol. The summed E-state index contributed by atoms with van der Waals surface area (Å²) in [5.41, 5.74) is 1.65. The first kappa shape index (κ1) is 16.9. The summed E-state index contributed by atoms with van der Waals surface area (Å²) in [4.78, 5) is 14.2. The van der Waals surface area contributed by atoms with Crippen LogP contribution in [0.15, 0.2) is 42.5 Å². The first-order valence-corrected chi connectivity index (χ1v) is 8.42. The Hall–Kier alpha value is -1.91. The predicted molar refractivity (Wildman–Crippen MR) is 92.6 cm³/mol. The lowest BCUT2D eigenvalue weighted by molar-refractivity contribution is 0.0646. The zero-order valence-corrected chi connectivity index (χ0v) is 14.0. The molecule has 1 heterocycles. The molecule has 1 N–H and O–H groups in total. The normalized spacial score (nSPS) is 15.5. The van der Waals surface area contributed by atoms with Crippen molar-refractivity contribution >= 4 is 17.5 Å². The minimum absolute atomic E-state index is 0.0927. The van der Waals surface area contributed by atoms with Gasteiger partial charge in [0.25, 0.3) is 5.91 Å². The molecule has 1 amide bonds. The van der Waals surface area contributed by atoms with Gasteiger partial charge in [0.1, 0.15) is 5.82 Å². The Kier molecular flexibility index (Phi) is 5.17. The molecule has 0 bridgehead atoms. The Labute approximate surface area is 145 Å². The van der Waals surface area contributed by atoms with Gasteiger partial charge in [0.05, 0.1) is 5.56 Å². The highest BCUT2D eigenvalue weighted by Gasteiger charge is 2.25. The van der Waals surface area contributed by atoms with E-state index in [1.807, 2.05) is 12.1 Å². The fraction of sp³-hybridized carbons (Fsp3) is 0.316. The van der Waals surface area contributed by atoms with E-state index < -0.39 is 5.82 Å². The number of hydrogen-bond acceptors (Lipinski definition) is 2. The van der Waals surface area contributed by atoms with Gasteiger partial charge in [-0.05, 0) is 54.2 Å². The van der Waals surface area contributed by atoms with Crippen molar-refractivity contribution < 1.29 is 14.3 Å². The Morgan fingerprint density at radius 3 is 2.33 bits per heavy atom. The van der Waals surface area contributed by atoms with Gasteiger partial charge in [-0.15, -0.1) is 0 Å². The first-order valence-electron chi connectivity index (χ1n) is 8.04. The zero-order valence-electron chi connectivity index (χ0n) is 13.2. The van der Waals surface area contributed by atoms with E-state index in [4.69, 9.17) is 16.7 Å². The molecule has 0 aliphatic carbocycles. The standard InChI is InChI=1S/C19H19ClFNO2/c20-16-4-1-14(2-5-16)15-3-6-17(18(21)11-15)19(24)22-9-7-13(12-23)8-10-22/h1-6,11,13,23H,7-10,12H2. The number of aliphatic hydroxyl groups is 1. The number of likely N-dealkylation sites (tertiary alicyclic amines) is 1. The third kappa shape index (κ3) is 3.60. The predicted octanol–water partition coefficient (Wildman–Crippen LogP) is 3.99. The van der Waals surface area contributed by atoms with Gasteiger partial charge in [-0.3, -0.25) is 4.79 Å². The molecule has 0 spiro atoms. The number of piperidine rings is 1. The molecule has 3 nitrogen and oxygen atoms in total. The first-order chi connectivity index (χ1) is 11.6. The van der Waals surface area contributed by atoms with Crippen LogP contribution in [-0.2, 0) is 0 Å². The van der Waals surface area contributed by atoms with Crippen LogP contribution in [0.3, 0.4) is 0 Å².